The molecule has 2 aliphatic heterocycles. The van der Waals surface area contributed by atoms with Gasteiger partial charge in [0.15, 0.2) is 5.82 Å². The van der Waals surface area contributed by atoms with Crippen LogP contribution < -0.4 is 5.56 Å². The summed E-state index contributed by atoms with van der Waals surface area (Å²) in [5.41, 5.74) is 5.11. The molecule has 0 amide bonds. The molecule has 1 aromatic heterocycles. The summed E-state index contributed by atoms with van der Waals surface area (Å²) >= 11 is 0. The molecule has 2 aromatic carbocycles. The summed E-state index contributed by atoms with van der Waals surface area (Å²) in [5.74, 6) is 0.630. The van der Waals surface area contributed by atoms with E-state index < -0.39 is 0 Å². The van der Waals surface area contributed by atoms with Gasteiger partial charge in [-0.3, -0.25) is 14.3 Å². The van der Waals surface area contributed by atoms with Crippen molar-refractivity contribution in [1.29, 1.82) is 0 Å². The maximum Gasteiger partial charge on any atom is 0.278 e. The average Bonchev–Trinajstić information content (AvgIpc) is 3.10. The van der Waals surface area contributed by atoms with E-state index in [9.17, 15) is 4.79 Å². The van der Waals surface area contributed by atoms with Gasteiger partial charge in [0.2, 0.25) is 0 Å². The number of nitrogens with one attached hydrogen (secondary N) is 1. The Morgan fingerprint density at radius 2 is 1.48 bits per heavy atom. The molecular weight excluding hydrogens is 360 g/mol. The fourth-order valence-corrected chi connectivity index (χ4v) is 3.49. The first-order chi connectivity index (χ1) is 14.3. The van der Waals surface area contributed by atoms with Crippen LogP contribution in [0.25, 0.3) is 28.3 Å². The van der Waals surface area contributed by atoms with E-state index in [1.807, 2.05) is 79.0 Å². The Balaban J connectivity index is 1.73. The van der Waals surface area contributed by atoms with Crippen molar-refractivity contribution in [3.63, 3.8) is 0 Å². The third-order valence-electron chi connectivity index (χ3n) is 4.94. The van der Waals surface area contributed by atoms with Gasteiger partial charge in [-0.1, -0.05) is 60.7 Å². The van der Waals surface area contributed by atoms with Crippen molar-refractivity contribution in [1.82, 2.24) is 19.5 Å². The van der Waals surface area contributed by atoms with Crippen LogP contribution in [-0.2, 0) is 6.42 Å². The lowest BCUT2D eigenvalue weighted by Crippen LogP contribution is -2.16. The minimum absolute atomic E-state index is 0.0971. The molecule has 0 fully saturated rings. The molecule has 29 heavy (non-hydrogen) atoms. The first-order valence-electron chi connectivity index (χ1n) is 9.43. The predicted octanol–water partition coefficient (Wildman–Crippen LogP) is 4.32. The Bertz CT molecular complexity index is 1280. The summed E-state index contributed by atoms with van der Waals surface area (Å²) in [4.78, 5) is 25.4. The molecule has 0 spiro atoms. The zero-order chi connectivity index (χ0) is 19.6. The van der Waals surface area contributed by atoms with E-state index >= 15 is 0 Å². The van der Waals surface area contributed by atoms with Crippen LogP contribution in [0.15, 0.2) is 96.2 Å². The third kappa shape index (κ3) is 3.23. The fraction of sp³-hybridized carbons (Fsp3) is 0.0417. The van der Waals surface area contributed by atoms with Crippen LogP contribution in [0, 0.1) is 0 Å². The largest absolute Gasteiger partial charge is 0.350 e. The number of pyridine rings is 1. The normalized spacial score (nSPS) is 11.0. The molecule has 0 saturated heterocycles. The number of rotatable bonds is 4. The Morgan fingerprint density at radius 1 is 0.828 bits per heavy atom. The van der Waals surface area contributed by atoms with E-state index in [0.717, 1.165) is 28.1 Å². The van der Waals surface area contributed by atoms with Crippen molar-refractivity contribution in [2.75, 3.05) is 0 Å². The number of fused-ring (bicyclic) bond motifs is 1. The van der Waals surface area contributed by atoms with Gasteiger partial charge in [-0.05, 0) is 23.3 Å². The first kappa shape index (κ1) is 17.1. The lowest BCUT2D eigenvalue weighted by atomic mass is 10.1. The lowest BCUT2D eigenvalue weighted by Gasteiger charge is -2.13. The molecule has 0 atom stereocenters. The maximum atomic E-state index is 13.2. The van der Waals surface area contributed by atoms with Gasteiger partial charge in [-0.15, -0.1) is 0 Å². The highest BCUT2D eigenvalue weighted by Gasteiger charge is 2.21. The topological polar surface area (TPSA) is 63.6 Å². The molecule has 2 aliphatic rings. The van der Waals surface area contributed by atoms with Crippen molar-refractivity contribution >= 4 is 0 Å². The second-order valence-electron chi connectivity index (χ2n) is 6.86. The second kappa shape index (κ2) is 7.20. The molecule has 3 aromatic rings. The Kier molecular flexibility index (Phi) is 4.26. The van der Waals surface area contributed by atoms with Gasteiger partial charge in [0.05, 0.1) is 11.4 Å². The standard InChI is InChI=1S/C24H18N4O/c29-24-20(15-17-11-13-25-14-12-17)27-23-22(19-9-5-2-6-10-19)26-21(16-28(23)24)18-7-3-1-4-8-18/h1-14,16,26H,15H2. The molecular formula is C24H18N4O. The number of imidazole rings is 1. The van der Waals surface area contributed by atoms with Crippen molar-refractivity contribution in [3.8, 4) is 28.3 Å². The number of hydrogen-bond donors (Lipinski definition) is 1. The lowest BCUT2D eigenvalue weighted by molar-refractivity contribution is 0.975. The molecule has 140 valence electrons. The van der Waals surface area contributed by atoms with Crippen LogP contribution in [-0.4, -0.2) is 19.5 Å². The van der Waals surface area contributed by atoms with Crippen LogP contribution >= 0.6 is 0 Å². The highest BCUT2D eigenvalue weighted by atomic mass is 16.1. The summed E-state index contributed by atoms with van der Waals surface area (Å²) in [7, 11) is 0. The quantitative estimate of drug-likeness (QED) is 0.507. The molecule has 5 rings (SSSR count). The minimum atomic E-state index is -0.0971. The summed E-state index contributed by atoms with van der Waals surface area (Å²) in [6, 6.07) is 23.8. The van der Waals surface area contributed by atoms with E-state index in [1.165, 1.54) is 0 Å². The monoisotopic (exact) mass is 378 g/mol. The Labute approximate surface area is 167 Å². The molecule has 5 heteroatoms. The minimum Gasteiger partial charge on any atom is -0.350 e. The Hall–Kier alpha value is -3.99. The SMILES string of the molecule is O=c1c(Cc2ccncc2)nc2c(-c3ccccc3)[nH]c(-c3ccccc3)cn1-2. The zero-order valence-corrected chi connectivity index (χ0v) is 15.6. The van der Waals surface area contributed by atoms with Crippen molar-refractivity contribution in [3.05, 3.63) is 113 Å². The zero-order valence-electron chi connectivity index (χ0n) is 15.6. The molecule has 3 heterocycles. The number of aromatic nitrogens is 4. The summed E-state index contributed by atoms with van der Waals surface area (Å²) in [6.45, 7) is 0. The maximum absolute atomic E-state index is 13.2. The van der Waals surface area contributed by atoms with E-state index in [1.54, 1.807) is 17.0 Å². The predicted molar refractivity (Wildman–Crippen MR) is 113 cm³/mol. The highest BCUT2D eigenvalue weighted by molar-refractivity contribution is 5.71. The van der Waals surface area contributed by atoms with Gasteiger partial charge in [0.1, 0.15) is 5.69 Å². The molecule has 0 aliphatic carbocycles. The summed E-state index contributed by atoms with van der Waals surface area (Å²) in [5, 5.41) is 0. The van der Waals surface area contributed by atoms with Gasteiger partial charge in [-0.2, -0.15) is 0 Å². The smallest absolute Gasteiger partial charge is 0.278 e. The second-order valence-corrected chi connectivity index (χ2v) is 6.86. The van der Waals surface area contributed by atoms with Gasteiger partial charge >= 0.3 is 0 Å². The molecule has 5 nitrogen and oxygen atoms in total. The number of aromatic amines is 1. The van der Waals surface area contributed by atoms with E-state index in [0.29, 0.717) is 17.9 Å². The van der Waals surface area contributed by atoms with Gasteiger partial charge < -0.3 is 4.98 Å². The van der Waals surface area contributed by atoms with E-state index in [2.05, 4.69) is 9.97 Å². The highest BCUT2D eigenvalue weighted by Crippen LogP contribution is 2.28. The average molecular weight is 378 g/mol. The van der Waals surface area contributed by atoms with E-state index in [-0.39, 0.29) is 5.56 Å². The van der Waals surface area contributed by atoms with Crippen molar-refractivity contribution < 1.29 is 0 Å². The number of hydrogen-bond acceptors (Lipinski definition) is 3. The van der Waals surface area contributed by atoms with Crippen LogP contribution in [0.3, 0.4) is 0 Å². The molecule has 0 radical (unpaired) electrons. The first-order valence-corrected chi connectivity index (χ1v) is 9.43. The fourth-order valence-electron chi connectivity index (χ4n) is 3.49. The van der Waals surface area contributed by atoms with Crippen molar-refractivity contribution in [2.24, 2.45) is 0 Å². The van der Waals surface area contributed by atoms with Gasteiger partial charge in [0, 0.05) is 30.6 Å². The van der Waals surface area contributed by atoms with Crippen LogP contribution in [0.4, 0.5) is 0 Å². The summed E-state index contributed by atoms with van der Waals surface area (Å²) in [6.07, 6.45) is 5.76. The van der Waals surface area contributed by atoms with Crippen LogP contribution in [0.2, 0.25) is 0 Å². The molecule has 0 saturated carbocycles. The molecule has 0 bridgehead atoms. The Morgan fingerprint density at radius 3 is 2.17 bits per heavy atom. The molecule has 1 N–H and O–H groups in total. The van der Waals surface area contributed by atoms with Crippen LogP contribution in [0.5, 0.6) is 0 Å². The van der Waals surface area contributed by atoms with E-state index in [4.69, 9.17) is 4.98 Å². The van der Waals surface area contributed by atoms with Gasteiger partial charge in [0.25, 0.3) is 5.56 Å². The van der Waals surface area contributed by atoms with Crippen LogP contribution in [0.1, 0.15) is 11.3 Å². The third-order valence-corrected chi connectivity index (χ3v) is 4.94. The van der Waals surface area contributed by atoms with Crippen molar-refractivity contribution in [2.45, 2.75) is 6.42 Å². The molecule has 0 unspecified atom stereocenters. The van der Waals surface area contributed by atoms with Gasteiger partial charge in [-0.25, -0.2) is 4.98 Å². The number of H-pyrrole nitrogens is 1. The number of benzene rings is 2. The summed E-state index contributed by atoms with van der Waals surface area (Å²) < 4.78 is 1.65. The number of nitrogens with zero attached hydrogens (tertiary/aromatic N) is 3.